The van der Waals surface area contributed by atoms with Crippen LogP contribution >= 0.6 is 0 Å². The van der Waals surface area contributed by atoms with E-state index in [9.17, 15) is 0 Å². The molecule has 1 saturated heterocycles. The van der Waals surface area contributed by atoms with E-state index in [-0.39, 0.29) is 5.95 Å². The lowest BCUT2D eigenvalue weighted by molar-refractivity contribution is 0.312. The van der Waals surface area contributed by atoms with Gasteiger partial charge >= 0.3 is 6.01 Å². The first kappa shape index (κ1) is 11.5. The molecular formula is C12H19N5O. The van der Waals surface area contributed by atoms with E-state index >= 15 is 0 Å². The van der Waals surface area contributed by atoms with Gasteiger partial charge in [0.15, 0.2) is 0 Å². The van der Waals surface area contributed by atoms with Crippen molar-refractivity contribution in [2.45, 2.75) is 26.2 Å². The van der Waals surface area contributed by atoms with Crippen LogP contribution in [0.5, 0.6) is 6.01 Å². The number of hydrogen-bond acceptors (Lipinski definition) is 6. The zero-order valence-corrected chi connectivity index (χ0v) is 10.7. The molecule has 2 atom stereocenters. The SMILES string of the molecule is CCOc1nc(N)nc(N2CC3CCCC3C2)n1. The van der Waals surface area contributed by atoms with E-state index in [1.54, 1.807) is 0 Å². The molecule has 0 bridgehead atoms. The molecule has 0 spiro atoms. The third-order valence-electron chi connectivity index (χ3n) is 3.90. The average molecular weight is 249 g/mol. The number of ether oxygens (including phenoxy) is 1. The molecule has 2 fully saturated rings. The Morgan fingerprint density at radius 1 is 1.22 bits per heavy atom. The van der Waals surface area contributed by atoms with E-state index in [1.807, 2.05) is 6.92 Å². The van der Waals surface area contributed by atoms with Gasteiger partial charge in [0.05, 0.1) is 6.61 Å². The molecule has 98 valence electrons. The quantitative estimate of drug-likeness (QED) is 0.864. The Hall–Kier alpha value is -1.59. The van der Waals surface area contributed by atoms with E-state index in [0.29, 0.717) is 18.6 Å². The van der Waals surface area contributed by atoms with Crippen molar-refractivity contribution in [1.82, 2.24) is 15.0 Å². The smallest absolute Gasteiger partial charge is 0.323 e. The first-order valence-corrected chi connectivity index (χ1v) is 6.65. The summed E-state index contributed by atoms with van der Waals surface area (Å²) in [5.74, 6) is 2.51. The van der Waals surface area contributed by atoms with Crippen molar-refractivity contribution < 1.29 is 4.74 Å². The van der Waals surface area contributed by atoms with Crippen molar-refractivity contribution >= 4 is 11.9 Å². The molecule has 1 saturated carbocycles. The first-order chi connectivity index (χ1) is 8.76. The summed E-state index contributed by atoms with van der Waals surface area (Å²) in [4.78, 5) is 14.8. The number of anilines is 2. The van der Waals surface area contributed by atoms with Crippen molar-refractivity contribution in [3.63, 3.8) is 0 Å². The van der Waals surface area contributed by atoms with Gasteiger partial charge in [0.2, 0.25) is 11.9 Å². The third-order valence-corrected chi connectivity index (χ3v) is 3.90. The van der Waals surface area contributed by atoms with Crippen molar-refractivity contribution in [3.05, 3.63) is 0 Å². The number of rotatable bonds is 3. The number of fused-ring (bicyclic) bond motifs is 1. The van der Waals surface area contributed by atoms with Gasteiger partial charge in [-0.25, -0.2) is 0 Å². The van der Waals surface area contributed by atoms with Gasteiger partial charge in [0.25, 0.3) is 0 Å². The lowest BCUT2D eigenvalue weighted by atomic mass is 10.0. The molecule has 1 aliphatic heterocycles. The number of nitrogens with two attached hydrogens (primary N) is 1. The van der Waals surface area contributed by atoms with E-state index in [4.69, 9.17) is 10.5 Å². The molecule has 0 radical (unpaired) electrons. The zero-order chi connectivity index (χ0) is 12.5. The standard InChI is InChI=1S/C12H19N5O/c1-2-18-12-15-10(13)14-11(16-12)17-6-8-4-3-5-9(8)7-17/h8-9H,2-7H2,1H3,(H2,13,14,15,16). The van der Waals surface area contributed by atoms with Gasteiger partial charge in [-0.1, -0.05) is 6.42 Å². The monoisotopic (exact) mass is 249 g/mol. The normalized spacial score (nSPS) is 26.4. The Bertz CT molecular complexity index is 426. The molecule has 0 aromatic carbocycles. The van der Waals surface area contributed by atoms with Crippen LogP contribution in [0.4, 0.5) is 11.9 Å². The number of nitrogens with zero attached hydrogens (tertiary/aromatic N) is 4. The fourth-order valence-corrected chi connectivity index (χ4v) is 3.09. The Morgan fingerprint density at radius 2 is 1.94 bits per heavy atom. The highest BCUT2D eigenvalue weighted by atomic mass is 16.5. The second kappa shape index (κ2) is 4.59. The van der Waals surface area contributed by atoms with E-state index in [0.717, 1.165) is 24.9 Å². The van der Waals surface area contributed by atoms with Gasteiger partial charge in [0, 0.05) is 13.1 Å². The maximum Gasteiger partial charge on any atom is 0.323 e. The van der Waals surface area contributed by atoms with Crippen molar-refractivity contribution in [2.24, 2.45) is 11.8 Å². The zero-order valence-electron chi connectivity index (χ0n) is 10.7. The molecule has 2 unspecified atom stereocenters. The first-order valence-electron chi connectivity index (χ1n) is 6.65. The van der Waals surface area contributed by atoms with E-state index < -0.39 is 0 Å². The maximum atomic E-state index is 5.70. The van der Waals surface area contributed by atoms with Crippen molar-refractivity contribution in [2.75, 3.05) is 30.3 Å². The molecule has 3 rings (SSSR count). The van der Waals surface area contributed by atoms with Crippen LogP contribution in [0.2, 0.25) is 0 Å². The van der Waals surface area contributed by atoms with Gasteiger partial charge in [0.1, 0.15) is 0 Å². The van der Waals surface area contributed by atoms with Gasteiger partial charge in [-0.15, -0.1) is 0 Å². The summed E-state index contributed by atoms with van der Waals surface area (Å²) in [7, 11) is 0. The summed E-state index contributed by atoms with van der Waals surface area (Å²) < 4.78 is 5.31. The summed E-state index contributed by atoms with van der Waals surface area (Å²) in [5, 5.41) is 0. The summed E-state index contributed by atoms with van der Waals surface area (Å²) in [6.07, 6.45) is 4.03. The molecule has 1 aliphatic carbocycles. The minimum Gasteiger partial charge on any atom is -0.464 e. The minimum absolute atomic E-state index is 0.237. The molecule has 1 aromatic rings. The van der Waals surface area contributed by atoms with Crippen LogP contribution in [-0.4, -0.2) is 34.6 Å². The number of aromatic nitrogens is 3. The molecule has 0 amide bonds. The molecule has 2 aliphatic rings. The Labute approximate surface area is 107 Å². The summed E-state index contributed by atoms with van der Waals surface area (Å²) in [6, 6.07) is 0.331. The molecule has 18 heavy (non-hydrogen) atoms. The van der Waals surface area contributed by atoms with Crippen molar-refractivity contribution in [1.29, 1.82) is 0 Å². The maximum absolute atomic E-state index is 5.70. The predicted octanol–water partition coefficient (Wildman–Crippen LogP) is 1.09. The van der Waals surface area contributed by atoms with Crippen LogP contribution in [0.3, 0.4) is 0 Å². The third kappa shape index (κ3) is 2.07. The summed E-state index contributed by atoms with van der Waals surface area (Å²) >= 11 is 0. The fraction of sp³-hybridized carbons (Fsp3) is 0.750. The Balaban J connectivity index is 1.79. The lowest BCUT2D eigenvalue weighted by Crippen LogP contribution is -2.24. The van der Waals surface area contributed by atoms with Crippen LogP contribution in [-0.2, 0) is 0 Å². The fourth-order valence-electron chi connectivity index (χ4n) is 3.09. The highest BCUT2D eigenvalue weighted by Gasteiger charge is 2.37. The molecule has 2 N–H and O–H groups in total. The number of hydrogen-bond donors (Lipinski definition) is 1. The Kier molecular flexibility index (Phi) is 2.93. The largest absolute Gasteiger partial charge is 0.464 e. The second-order valence-corrected chi connectivity index (χ2v) is 5.07. The minimum atomic E-state index is 0.237. The highest BCUT2D eigenvalue weighted by Crippen LogP contribution is 2.38. The number of nitrogen functional groups attached to an aromatic ring is 1. The van der Waals surface area contributed by atoms with Gasteiger partial charge in [-0.3, -0.25) is 0 Å². The molecule has 6 nitrogen and oxygen atoms in total. The van der Waals surface area contributed by atoms with Crippen LogP contribution in [0, 0.1) is 11.8 Å². The Morgan fingerprint density at radius 3 is 2.61 bits per heavy atom. The van der Waals surface area contributed by atoms with Crippen LogP contribution in [0.15, 0.2) is 0 Å². The van der Waals surface area contributed by atoms with Gasteiger partial charge in [-0.05, 0) is 31.6 Å². The van der Waals surface area contributed by atoms with Crippen LogP contribution in [0.25, 0.3) is 0 Å². The summed E-state index contributed by atoms with van der Waals surface area (Å²) in [6.45, 7) is 4.52. The van der Waals surface area contributed by atoms with Gasteiger partial charge < -0.3 is 15.4 Å². The van der Waals surface area contributed by atoms with Gasteiger partial charge in [-0.2, -0.15) is 15.0 Å². The van der Waals surface area contributed by atoms with E-state index in [2.05, 4.69) is 19.9 Å². The predicted molar refractivity (Wildman–Crippen MR) is 68.5 cm³/mol. The van der Waals surface area contributed by atoms with E-state index in [1.165, 1.54) is 19.3 Å². The highest BCUT2D eigenvalue weighted by molar-refractivity contribution is 5.37. The molecule has 2 heterocycles. The molecule has 1 aromatic heterocycles. The van der Waals surface area contributed by atoms with Crippen LogP contribution < -0.4 is 15.4 Å². The second-order valence-electron chi connectivity index (χ2n) is 5.07. The van der Waals surface area contributed by atoms with Crippen LogP contribution in [0.1, 0.15) is 26.2 Å². The average Bonchev–Trinajstić information content (AvgIpc) is 2.88. The summed E-state index contributed by atoms with van der Waals surface area (Å²) in [5.41, 5.74) is 5.70. The topological polar surface area (TPSA) is 77.2 Å². The molecule has 6 heteroatoms. The van der Waals surface area contributed by atoms with Crippen molar-refractivity contribution in [3.8, 4) is 6.01 Å². The molecular weight excluding hydrogens is 230 g/mol. The lowest BCUT2D eigenvalue weighted by Gasteiger charge is -2.17.